The Labute approximate surface area is 147 Å². The normalized spacial score (nSPS) is 11.5. The molecule has 2 rings (SSSR count). The second-order valence-electron chi connectivity index (χ2n) is 4.37. The molecular formula is C14H12BrCl2NO3S. The second kappa shape index (κ2) is 7.19. The summed E-state index contributed by atoms with van der Waals surface area (Å²) < 4.78 is 33.0. The van der Waals surface area contributed by atoms with E-state index in [1.54, 1.807) is 31.4 Å². The first-order valence-electron chi connectivity index (χ1n) is 6.10. The zero-order valence-electron chi connectivity index (χ0n) is 11.4. The molecule has 2 aromatic rings. The molecule has 0 saturated heterocycles. The standard InChI is InChI=1S/C14H12BrCl2NO3S/c1-21-11-4-2-3-9(5-11)8-18-22(19,20)14-12(16)6-10(15)7-13(14)17/h2-7,18H,8H2,1H3. The van der Waals surface area contributed by atoms with Gasteiger partial charge in [-0.15, -0.1) is 0 Å². The Morgan fingerprint density at radius 3 is 2.41 bits per heavy atom. The minimum Gasteiger partial charge on any atom is -0.497 e. The van der Waals surface area contributed by atoms with Crippen LogP contribution in [0.4, 0.5) is 0 Å². The lowest BCUT2D eigenvalue weighted by molar-refractivity contribution is 0.414. The first kappa shape index (κ1) is 17.6. The van der Waals surface area contributed by atoms with Crippen LogP contribution in [0.3, 0.4) is 0 Å². The highest BCUT2D eigenvalue weighted by molar-refractivity contribution is 9.10. The van der Waals surface area contributed by atoms with Crippen molar-refractivity contribution in [3.63, 3.8) is 0 Å². The molecule has 0 atom stereocenters. The van der Waals surface area contributed by atoms with E-state index in [9.17, 15) is 8.42 Å². The molecule has 8 heteroatoms. The molecule has 0 radical (unpaired) electrons. The van der Waals surface area contributed by atoms with Gasteiger partial charge in [0.15, 0.2) is 0 Å². The van der Waals surface area contributed by atoms with E-state index in [0.29, 0.717) is 10.2 Å². The van der Waals surface area contributed by atoms with Gasteiger partial charge in [0.25, 0.3) is 0 Å². The Morgan fingerprint density at radius 2 is 1.82 bits per heavy atom. The minimum absolute atomic E-state index is 0.0533. The summed E-state index contributed by atoms with van der Waals surface area (Å²) >= 11 is 15.2. The van der Waals surface area contributed by atoms with E-state index in [2.05, 4.69) is 20.7 Å². The summed E-state index contributed by atoms with van der Waals surface area (Å²) in [4.78, 5) is -0.137. The first-order valence-corrected chi connectivity index (χ1v) is 9.14. The predicted octanol–water partition coefficient (Wildman–Crippen LogP) is 4.24. The van der Waals surface area contributed by atoms with E-state index in [-0.39, 0.29) is 21.5 Å². The Hall–Kier alpha value is -0.790. The average Bonchev–Trinajstić information content (AvgIpc) is 2.44. The maximum atomic E-state index is 12.4. The van der Waals surface area contributed by atoms with Gasteiger partial charge >= 0.3 is 0 Å². The van der Waals surface area contributed by atoms with Crippen LogP contribution in [0.2, 0.25) is 10.0 Å². The molecular weight excluding hydrogens is 413 g/mol. The molecule has 0 aliphatic heterocycles. The summed E-state index contributed by atoms with van der Waals surface area (Å²) in [5.41, 5.74) is 0.757. The van der Waals surface area contributed by atoms with Gasteiger partial charge in [0.1, 0.15) is 10.6 Å². The van der Waals surface area contributed by atoms with E-state index in [4.69, 9.17) is 27.9 Å². The Bertz CT molecular complexity index is 773. The summed E-state index contributed by atoms with van der Waals surface area (Å²) in [6.45, 7) is 0.0995. The van der Waals surface area contributed by atoms with Crippen molar-refractivity contribution in [1.29, 1.82) is 0 Å². The number of ether oxygens (including phenoxy) is 1. The molecule has 0 fully saturated rings. The number of nitrogens with one attached hydrogen (secondary N) is 1. The summed E-state index contributed by atoms with van der Waals surface area (Å²) in [5.74, 6) is 0.649. The van der Waals surface area contributed by atoms with Gasteiger partial charge in [0.05, 0.1) is 17.2 Å². The Morgan fingerprint density at radius 1 is 1.18 bits per heavy atom. The van der Waals surface area contributed by atoms with Gasteiger partial charge in [-0.05, 0) is 29.8 Å². The van der Waals surface area contributed by atoms with Crippen molar-refractivity contribution in [1.82, 2.24) is 4.72 Å². The van der Waals surface area contributed by atoms with Crippen molar-refractivity contribution in [2.75, 3.05) is 7.11 Å². The number of hydrogen-bond acceptors (Lipinski definition) is 3. The monoisotopic (exact) mass is 423 g/mol. The number of sulfonamides is 1. The fourth-order valence-corrected chi connectivity index (χ4v) is 4.77. The smallest absolute Gasteiger partial charge is 0.243 e. The highest BCUT2D eigenvalue weighted by Crippen LogP contribution is 2.32. The van der Waals surface area contributed by atoms with Crippen molar-refractivity contribution < 1.29 is 13.2 Å². The third-order valence-electron chi connectivity index (χ3n) is 2.83. The highest BCUT2D eigenvalue weighted by Gasteiger charge is 2.22. The fourth-order valence-electron chi connectivity index (χ4n) is 1.82. The molecule has 2 aromatic carbocycles. The lowest BCUT2D eigenvalue weighted by atomic mass is 10.2. The molecule has 0 aliphatic rings. The molecule has 22 heavy (non-hydrogen) atoms. The lowest BCUT2D eigenvalue weighted by Gasteiger charge is -2.11. The van der Waals surface area contributed by atoms with Crippen LogP contribution in [0, 0.1) is 0 Å². The van der Waals surface area contributed by atoms with Crippen LogP contribution < -0.4 is 9.46 Å². The lowest BCUT2D eigenvalue weighted by Crippen LogP contribution is -2.24. The second-order valence-corrected chi connectivity index (χ2v) is 7.81. The van der Waals surface area contributed by atoms with E-state index >= 15 is 0 Å². The summed E-state index contributed by atoms with van der Waals surface area (Å²) in [5, 5.41) is 0.107. The maximum absolute atomic E-state index is 12.4. The molecule has 0 aromatic heterocycles. The quantitative estimate of drug-likeness (QED) is 0.780. The number of benzene rings is 2. The molecule has 0 heterocycles. The van der Waals surface area contributed by atoms with Gasteiger partial charge in [-0.2, -0.15) is 0 Å². The minimum atomic E-state index is -3.83. The van der Waals surface area contributed by atoms with Crippen LogP contribution in [0.5, 0.6) is 5.75 Å². The third-order valence-corrected chi connectivity index (χ3v) is 5.61. The first-order chi connectivity index (χ1) is 10.3. The van der Waals surface area contributed by atoms with Crippen LogP contribution in [-0.4, -0.2) is 15.5 Å². The molecule has 4 nitrogen and oxygen atoms in total. The van der Waals surface area contributed by atoms with Crippen molar-refractivity contribution in [2.24, 2.45) is 0 Å². The molecule has 1 N–H and O–H groups in total. The molecule has 0 unspecified atom stereocenters. The number of rotatable bonds is 5. The van der Waals surface area contributed by atoms with Crippen LogP contribution in [0.25, 0.3) is 0 Å². The molecule has 0 aliphatic carbocycles. The molecule has 0 bridgehead atoms. The van der Waals surface area contributed by atoms with Gasteiger partial charge in [0, 0.05) is 11.0 Å². The summed E-state index contributed by atoms with van der Waals surface area (Å²) in [6, 6.07) is 10.0. The van der Waals surface area contributed by atoms with Gasteiger partial charge in [-0.1, -0.05) is 51.3 Å². The third kappa shape index (κ3) is 4.14. The van der Waals surface area contributed by atoms with Gasteiger partial charge in [-0.25, -0.2) is 13.1 Å². The summed E-state index contributed by atoms with van der Waals surface area (Å²) in [6.07, 6.45) is 0. The van der Waals surface area contributed by atoms with Crippen molar-refractivity contribution in [2.45, 2.75) is 11.4 Å². The van der Waals surface area contributed by atoms with E-state index < -0.39 is 10.0 Å². The van der Waals surface area contributed by atoms with Crippen molar-refractivity contribution in [3.05, 3.63) is 56.5 Å². The van der Waals surface area contributed by atoms with Crippen LogP contribution >= 0.6 is 39.1 Å². The zero-order valence-corrected chi connectivity index (χ0v) is 15.4. The van der Waals surface area contributed by atoms with Crippen LogP contribution in [-0.2, 0) is 16.6 Å². The van der Waals surface area contributed by atoms with E-state index in [1.807, 2.05) is 0 Å². The SMILES string of the molecule is COc1cccc(CNS(=O)(=O)c2c(Cl)cc(Br)cc2Cl)c1. The summed E-state index contributed by atoms with van der Waals surface area (Å²) in [7, 11) is -2.29. The molecule has 0 amide bonds. The van der Waals surface area contributed by atoms with Crippen molar-refractivity contribution >= 4 is 49.2 Å². The van der Waals surface area contributed by atoms with E-state index in [0.717, 1.165) is 5.56 Å². The average molecular weight is 425 g/mol. The topological polar surface area (TPSA) is 55.4 Å². The molecule has 0 saturated carbocycles. The Kier molecular flexibility index (Phi) is 5.74. The van der Waals surface area contributed by atoms with Crippen LogP contribution in [0.1, 0.15) is 5.56 Å². The zero-order chi connectivity index (χ0) is 16.3. The van der Waals surface area contributed by atoms with Gasteiger partial charge in [-0.3, -0.25) is 0 Å². The predicted molar refractivity (Wildman–Crippen MR) is 91.2 cm³/mol. The van der Waals surface area contributed by atoms with Crippen molar-refractivity contribution in [3.8, 4) is 5.75 Å². The number of methoxy groups -OCH3 is 1. The van der Waals surface area contributed by atoms with Gasteiger partial charge in [0.2, 0.25) is 10.0 Å². The van der Waals surface area contributed by atoms with Crippen LogP contribution in [0.15, 0.2) is 45.8 Å². The molecule has 118 valence electrons. The number of hydrogen-bond donors (Lipinski definition) is 1. The fraction of sp³-hybridized carbons (Fsp3) is 0.143. The van der Waals surface area contributed by atoms with E-state index in [1.165, 1.54) is 12.1 Å². The molecule has 0 spiro atoms. The maximum Gasteiger partial charge on any atom is 0.243 e. The number of halogens is 3. The Balaban J connectivity index is 2.25. The highest BCUT2D eigenvalue weighted by atomic mass is 79.9. The van der Waals surface area contributed by atoms with Gasteiger partial charge < -0.3 is 4.74 Å². The largest absolute Gasteiger partial charge is 0.497 e.